The van der Waals surface area contributed by atoms with Gasteiger partial charge in [0.05, 0.1) is 17.3 Å². The summed E-state index contributed by atoms with van der Waals surface area (Å²) in [4.78, 5) is 7.89. The third kappa shape index (κ3) is 2.37. The topological polar surface area (TPSA) is 66.1 Å². The van der Waals surface area contributed by atoms with Crippen molar-refractivity contribution < 1.29 is 8.42 Å². The van der Waals surface area contributed by atoms with Gasteiger partial charge in [0.1, 0.15) is 5.82 Å². The Labute approximate surface area is 112 Å². The number of rotatable bonds is 2. The number of aromatic amines is 1. The second-order valence-electron chi connectivity index (χ2n) is 5.25. The third-order valence-corrected chi connectivity index (χ3v) is 4.93. The van der Waals surface area contributed by atoms with E-state index in [1.165, 1.54) is 16.1 Å². The van der Waals surface area contributed by atoms with E-state index < -0.39 is 10.0 Å². The molecule has 1 N–H and O–H groups in total. The van der Waals surface area contributed by atoms with Gasteiger partial charge in [-0.3, -0.25) is 0 Å². The van der Waals surface area contributed by atoms with E-state index in [0.717, 1.165) is 23.3 Å². The largest absolute Gasteiger partial charge is 0.342 e. The van der Waals surface area contributed by atoms with Crippen molar-refractivity contribution in [3.8, 4) is 0 Å². The number of imidazole rings is 1. The number of H-pyrrole nitrogens is 1. The quantitative estimate of drug-likeness (QED) is 0.908. The molecule has 5 nitrogen and oxygen atoms in total. The first-order chi connectivity index (χ1) is 8.93. The summed E-state index contributed by atoms with van der Waals surface area (Å²) in [6, 6.07) is 6.09. The summed E-state index contributed by atoms with van der Waals surface area (Å²) in [7, 11) is -3.09. The van der Waals surface area contributed by atoms with Crippen LogP contribution in [0.2, 0.25) is 0 Å². The van der Waals surface area contributed by atoms with Crippen LogP contribution in [0.4, 0.5) is 0 Å². The Balaban J connectivity index is 1.90. The van der Waals surface area contributed by atoms with Crippen LogP contribution in [0.25, 0.3) is 11.0 Å². The Kier molecular flexibility index (Phi) is 2.87. The molecule has 0 saturated carbocycles. The Morgan fingerprint density at radius 1 is 1.42 bits per heavy atom. The Morgan fingerprint density at radius 2 is 2.21 bits per heavy atom. The highest BCUT2D eigenvalue weighted by molar-refractivity contribution is 7.88. The minimum absolute atomic E-state index is 0.169. The molecule has 0 amide bonds. The lowest BCUT2D eigenvalue weighted by molar-refractivity contribution is 0.477. The van der Waals surface area contributed by atoms with Crippen molar-refractivity contribution in [2.24, 2.45) is 0 Å². The highest BCUT2D eigenvalue weighted by Gasteiger charge is 2.31. The monoisotopic (exact) mass is 279 g/mol. The van der Waals surface area contributed by atoms with Crippen LogP contribution in [0.1, 0.15) is 23.7 Å². The predicted octanol–water partition coefficient (Wildman–Crippen LogP) is 1.62. The molecule has 102 valence electrons. The lowest BCUT2D eigenvalue weighted by atomic mass is 10.1. The minimum Gasteiger partial charge on any atom is -0.342 e. The molecule has 0 unspecified atom stereocenters. The van der Waals surface area contributed by atoms with Gasteiger partial charge in [0.25, 0.3) is 0 Å². The average molecular weight is 279 g/mol. The summed E-state index contributed by atoms with van der Waals surface area (Å²) in [5.74, 6) is 1.06. The number of hydrogen-bond donors (Lipinski definition) is 1. The van der Waals surface area contributed by atoms with Crippen molar-refractivity contribution in [1.82, 2.24) is 14.3 Å². The van der Waals surface area contributed by atoms with E-state index >= 15 is 0 Å². The van der Waals surface area contributed by atoms with Gasteiger partial charge in [0, 0.05) is 19.0 Å². The number of nitrogens with one attached hydrogen (secondary N) is 1. The normalized spacial score (nSPS) is 21.3. The van der Waals surface area contributed by atoms with E-state index in [2.05, 4.69) is 16.0 Å². The van der Waals surface area contributed by atoms with Crippen molar-refractivity contribution in [2.45, 2.75) is 19.3 Å². The Hall–Kier alpha value is -1.40. The number of fused-ring (bicyclic) bond motifs is 1. The molecule has 1 aromatic heterocycles. The van der Waals surface area contributed by atoms with E-state index in [-0.39, 0.29) is 5.92 Å². The van der Waals surface area contributed by atoms with Gasteiger partial charge in [-0.15, -0.1) is 0 Å². The number of hydrogen-bond acceptors (Lipinski definition) is 3. The number of aromatic nitrogens is 2. The summed E-state index contributed by atoms with van der Waals surface area (Å²) in [6.07, 6.45) is 2.09. The summed E-state index contributed by atoms with van der Waals surface area (Å²) < 4.78 is 24.6. The first-order valence-corrected chi connectivity index (χ1v) is 8.20. The van der Waals surface area contributed by atoms with Crippen molar-refractivity contribution in [3.05, 3.63) is 29.6 Å². The van der Waals surface area contributed by atoms with Crippen LogP contribution in [0, 0.1) is 6.92 Å². The molecule has 1 fully saturated rings. The Bertz CT molecular complexity index is 721. The highest BCUT2D eigenvalue weighted by Crippen LogP contribution is 2.28. The Morgan fingerprint density at radius 3 is 2.89 bits per heavy atom. The van der Waals surface area contributed by atoms with Gasteiger partial charge in [-0.2, -0.15) is 0 Å². The highest BCUT2D eigenvalue weighted by atomic mass is 32.2. The van der Waals surface area contributed by atoms with Gasteiger partial charge in [-0.05, 0) is 31.0 Å². The second kappa shape index (κ2) is 4.31. The molecule has 1 aliphatic heterocycles. The molecule has 2 heterocycles. The molecule has 1 atom stereocenters. The summed E-state index contributed by atoms with van der Waals surface area (Å²) >= 11 is 0. The third-order valence-electron chi connectivity index (χ3n) is 3.66. The second-order valence-corrected chi connectivity index (χ2v) is 7.23. The zero-order valence-corrected chi connectivity index (χ0v) is 11.9. The van der Waals surface area contributed by atoms with Gasteiger partial charge in [-0.25, -0.2) is 17.7 Å². The van der Waals surface area contributed by atoms with E-state index in [0.29, 0.717) is 13.1 Å². The van der Waals surface area contributed by atoms with E-state index in [1.807, 2.05) is 19.1 Å². The molecule has 19 heavy (non-hydrogen) atoms. The molecule has 0 bridgehead atoms. The molecule has 0 aliphatic carbocycles. The SMILES string of the molecule is Cc1ccc2nc([C@H]3CCN(S(C)(=O)=O)C3)[nH]c2c1. The molecular weight excluding hydrogens is 262 g/mol. The lowest BCUT2D eigenvalue weighted by Gasteiger charge is -2.11. The zero-order chi connectivity index (χ0) is 13.6. The van der Waals surface area contributed by atoms with Crippen LogP contribution in [0.3, 0.4) is 0 Å². The van der Waals surface area contributed by atoms with Gasteiger partial charge in [0.2, 0.25) is 10.0 Å². The number of aryl methyl sites for hydroxylation is 1. The van der Waals surface area contributed by atoms with Gasteiger partial charge in [-0.1, -0.05) is 6.07 Å². The van der Waals surface area contributed by atoms with E-state index in [1.54, 1.807) is 0 Å². The van der Waals surface area contributed by atoms with Crippen LogP contribution in [-0.2, 0) is 10.0 Å². The fraction of sp³-hybridized carbons (Fsp3) is 0.462. The zero-order valence-electron chi connectivity index (χ0n) is 11.0. The molecule has 3 rings (SSSR count). The van der Waals surface area contributed by atoms with Crippen molar-refractivity contribution in [3.63, 3.8) is 0 Å². The molecule has 6 heteroatoms. The number of nitrogens with zero attached hydrogens (tertiary/aromatic N) is 2. The van der Waals surface area contributed by atoms with Crippen LogP contribution < -0.4 is 0 Å². The summed E-state index contributed by atoms with van der Waals surface area (Å²) in [5, 5.41) is 0. The summed E-state index contributed by atoms with van der Waals surface area (Å²) in [5.41, 5.74) is 3.15. The molecule has 1 saturated heterocycles. The first-order valence-electron chi connectivity index (χ1n) is 6.35. The van der Waals surface area contributed by atoms with Crippen LogP contribution in [0.15, 0.2) is 18.2 Å². The smallest absolute Gasteiger partial charge is 0.211 e. The average Bonchev–Trinajstić information content (AvgIpc) is 2.92. The van der Waals surface area contributed by atoms with E-state index in [4.69, 9.17) is 0 Å². The van der Waals surface area contributed by atoms with E-state index in [9.17, 15) is 8.42 Å². The number of benzene rings is 1. The van der Waals surface area contributed by atoms with Crippen molar-refractivity contribution >= 4 is 21.1 Å². The lowest BCUT2D eigenvalue weighted by Crippen LogP contribution is -2.27. The molecule has 1 aromatic carbocycles. The molecule has 0 radical (unpaired) electrons. The maximum absolute atomic E-state index is 11.5. The van der Waals surface area contributed by atoms with Crippen molar-refractivity contribution in [1.29, 1.82) is 0 Å². The standard InChI is InChI=1S/C13H17N3O2S/c1-9-3-4-11-12(7-9)15-13(14-11)10-5-6-16(8-10)19(2,17)18/h3-4,7,10H,5-6,8H2,1-2H3,(H,14,15)/t10-/m0/s1. The maximum atomic E-state index is 11.5. The molecular formula is C13H17N3O2S. The molecule has 2 aromatic rings. The molecule has 0 spiro atoms. The van der Waals surface area contributed by atoms with Crippen molar-refractivity contribution in [2.75, 3.05) is 19.3 Å². The van der Waals surface area contributed by atoms with Crippen LogP contribution >= 0.6 is 0 Å². The van der Waals surface area contributed by atoms with Crippen LogP contribution in [-0.4, -0.2) is 42.0 Å². The maximum Gasteiger partial charge on any atom is 0.211 e. The van der Waals surface area contributed by atoms with Gasteiger partial charge in [0.15, 0.2) is 0 Å². The van der Waals surface area contributed by atoms with Crippen LogP contribution in [0.5, 0.6) is 0 Å². The molecule has 1 aliphatic rings. The fourth-order valence-electron chi connectivity index (χ4n) is 2.59. The number of sulfonamides is 1. The predicted molar refractivity (Wildman–Crippen MR) is 74.6 cm³/mol. The summed E-state index contributed by atoms with van der Waals surface area (Å²) in [6.45, 7) is 3.15. The van der Waals surface area contributed by atoms with Gasteiger partial charge < -0.3 is 4.98 Å². The first kappa shape index (κ1) is 12.6. The minimum atomic E-state index is -3.09. The fourth-order valence-corrected chi connectivity index (χ4v) is 3.48. The van der Waals surface area contributed by atoms with Gasteiger partial charge >= 0.3 is 0 Å².